The first kappa shape index (κ1) is 14.9. The van der Waals surface area contributed by atoms with Crippen molar-refractivity contribution in [3.05, 3.63) is 0 Å². The van der Waals surface area contributed by atoms with Gasteiger partial charge < -0.3 is 14.6 Å². The van der Waals surface area contributed by atoms with E-state index >= 15 is 0 Å². The highest BCUT2D eigenvalue weighted by atomic mass is 16.5. The van der Waals surface area contributed by atoms with Crippen molar-refractivity contribution in [3.8, 4) is 0 Å². The first-order valence-electron chi connectivity index (χ1n) is 5.31. The molecule has 0 aromatic carbocycles. The fourth-order valence-corrected chi connectivity index (χ4v) is 1.07. The van der Waals surface area contributed by atoms with Crippen molar-refractivity contribution in [1.29, 1.82) is 0 Å². The van der Waals surface area contributed by atoms with Crippen LogP contribution in [0.5, 0.6) is 0 Å². The zero-order chi connectivity index (χ0) is 12.8. The van der Waals surface area contributed by atoms with Gasteiger partial charge in [-0.15, -0.1) is 0 Å². The van der Waals surface area contributed by atoms with Gasteiger partial charge in [0.2, 0.25) is 0 Å². The molecule has 0 heterocycles. The summed E-state index contributed by atoms with van der Waals surface area (Å²) in [5, 5.41) is 8.84. The Morgan fingerprint density at radius 2 is 1.88 bits per heavy atom. The topological polar surface area (TPSA) is 72.8 Å². The van der Waals surface area contributed by atoms with E-state index < -0.39 is 17.9 Å². The second-order valence-corrected chi connectivity index (χ2v) is 4.39. The van der Waals surface area contributed by atoms with Crippen LogP contribution in [0.25, 0.3) is 0 Å². The molecule has 0 aliphatic rings. The maximum Gasteiger partial charge on any atom is 0.320 e. The molecule has 0 aliphatic carbocycles. The predicted octanol–water partition coefficient (Wildman–Crippen LogP) is 1.46. The van der Waals surface area contributed by atoms with Crippen LogP contribution in [-0.2, 0) is 19.1 Å². The number of hydrogen-bond acceptors (Lipinski definition) is 4. The minimum absolute atomic E-state index is 0.130. The van der Waals surface area contributed by atoms with Crippen molar-refractivity contribution in [3.63, 3.8) is 0 Å². The summed E-state index contributed by atoms with van der Waals surface area (Å²) in [4.78, 5) is 22.1. The fraction of sp³-hybridized carbons (Fsp3) is 0.818. The second kappa shape index (κ2) is 6.48. The number of ether oxygens (including phenoxy) is 2. The third-order valence-electron chi connectivity index (χ3n) is 1.81. The molecule has 0 amide bonds. The Kier molecular flexibility index (Phi) is 6.03. The first-order valence-corrected chi connectivity index (χ1v) is 5.31. The lowest BCUT2D eigenvalue weighted by Crippen LogP contribution is -2.29. The van der Waals surface area contributed by atoms with E-state index in [1.54, 1.807) is 6.92 Å². The predicted molar refractivity (Wildman–Crippen MR) is 58.1 cm³/mol. The lowest BCUT2D eigenvalue weighted by molar-refractivity contribution is -0.159. The van der Waals surface area contributed by atoms with Gasteiger partial charge in [-0.25, -0.2) is 0 Å². The number of aliphatic carboxylic acids is 1. The monoisotopic (exact) mass is 232 g/mol. The van der Waals surface area contributed by atoms with Gasteiger partial charge in [-0.2, -0.15) is 0 Å². The van der Waals surface area contributed by atoms with E-state index in [1.807, 2.05) is 20.8 Å². The Morgan fingerprint density at radius 1 is 1.31 bits per heavy atom. The van der Waals surface area contributed by atoms with Gasteiger partial charge in [-0.1, -0.05) is 0 Å². The lowest BCUT2D eigenvalue weighted by atomic mass is 10.1. The Bertz CT molecular complexity index is 241. The van der Waals surface area contributed by atoms with Gasteiger partial charge in [0, 0.05) is 6.61 Å². The quantitative estimate of drug-likeness (QED) is 0.554. The number of esters is 1. The molecule has 1 unspecified atom stereocenters. The highest BCUT2D eigenvalue weighted by Crippen LogP contribution is 2.12. The van der Waals surface area contributed by atoms with Crippen molar-refractivity contribution in [2.75, 3.05) is 13.2 Å². The summed E-state index contributed by atoms with van der Waals surface area (Å²) in [7, 11) is 0. The average Bonchev–Trinajstić information content (AvgIpc) is 2.10. The average molecular weight is 232 g/mol. The number of hydrogen-bond donors (Lipinski definition) is 1. The van der Waals surface area contributed by atoms with Crippen LogP contribution < -0.4 is 0 Å². The SMILES string of the molecule is CCOC(=O)C(CCOC(C)(C)C)C(=O)O. The van der Waals surface area contributed by atoms with Crippen LogP contribution in [-0.4, -0.2) is 35.9 Å². The molecule has 0 bridgehead atoms. The van der Waals surface area contributed by atoms with Crippen molar-refractivity contribution in [1.82, 2.24) is 0 Å². The van der Waals surface area contributed by atoms with Gasteiger partial charge in [0.05, 0.1) is 12.2 Å². The van der Waals surface area contributed by atoms with E-state index in [0.29, 0.717) is 0 Å². The fourth-order valence-electron chi connectivity index (χ4n) is 1.07. The number of carbonyl (C=O) groups excluding carboxylic acids is 1. The highest BCUT2D eigenvalue weighted by molar-refractivity contribution is 5.93. The molecule has 0 fully saturated rings. The van der Waals surface area contributed by atoms with Gasteiger partial charge in [0.25, 0.3) is 0 Å². The standard InChI is InChI=1S/C11H20O5/c1-5-15-10(14)8(9(12)13)6-7-16-11(2,3)4/h8H,5-7H2,1-4H3,(H,12,13). The van der Waals surface area contributed by atoms with E-state index in [4.69, 9.17) is 9.84 Å². The summed E-state index contributed by atoms with van der Waals surface area (Å²) in [5.41, 5.74) is -0.336. The van der Waals surface area contributed by atoms with Crippen LogP contribution in [0.3, 0.4) is 0 Å². The molecule has 1 atom stereocenters. The summed E-state index contributed by atoms with van der Waals surface area (Å²) in [6.45, 7) is 7.65. The molecule has 0 saturated heterocycles. The molecular weight excluding hydrogens is 212 g/mol. The summed E-state index contributed by atoms with van der Waals surface area (Å²) in [6.07, 6.45) is 0.130. The van der Waals surface area contributed by atoms with Crippen molar-refractivity contribution in [2.24, 2.45) is 5.92 Å². The van der Waals surface area contributed by atoms with Gasteiger partial charge in [0.15, 0.2) is 5.92 Å². The van der Waals surface area contributed by atoms with Crippen LogP contribution in [0.15, 0.2) is 0 Å². The smallest absolute Gasteiger partial charge is 0.320 e. The molecule has 94 valence electrons. The number of rotatable bonds is 6. The van der Waals surface area contributed by atoms with Crippen LogP contribution in [0.1, 0.15) is 34.1 Å². The number of carboxylic acid groups (broad SMARTS) is 1. The summed E-state index contributed by atoms with van der Waals surface area (Å²) >= 11 is 0. The van der Waals surface area contributed by atoms with Gasteiger partial charge >= 0.3 is 11.9 Å². The van der Waals surface area contributed by atoms with E-state index in [9.17, 15) is 9.59 Å². The van der Waals surface area contributed by atoms with Crippen LogP contribution in [0.4, 0.5) is 0 Å². The van der Waals surface area contributed by atoms with Crippen molar-refractivity contribution < 1.29 is 24.2 Å². The molecule has 16 heavy (non-hydrogen) atoms. The molecule has 0 aliphatic heterocycles. The molecule has 0 aromatic heterocycles. The summed E-state index contributed by atoms with van der Waals surface area (Å²) in [6, 6.07) is 0. The van der Waals surface area contributed by atoms with Crippen LogP contribution in [0.2, 0.25) is 0 Å². The molecule has 5 nitrogen and oxygen atoms in total. The van der Waals surface area contributed by atoms with Crippen molar-refractivity contribution >= 4 is 11.9 Å². The third kappa shape index (κ3) is 6.40. The highest BCUT2D eigenvalue weighted by Gasteiger charge is 2.27. The lowest BCUT2D eigenvalue weighted by Gasteiger charge is -2.20. The summed E-state index contributed by atoms with van der Waals surface area (Å²) in [5.74, 6) is -3.01. The number of carboxylic acids is 1. The zero-order valence-corrected chi connectivity index (χ0v) is 10.3. The largest absolute Gasteiger partial charge is 0.481 e. The minimum atomic E-state index is -1.17. The van der Waals surface area contributed by atoms with E-state index in [1.165, 1.54) is 0 Å². The second-order valence-electron chi connectivity index (χ2n) is 4.39. The first-order chi connectivity index (χ1) is 7.28. The molecule has 0 saturated carbocycles. The van der Waals surface area contributed by atoms with E-state index in [0.717, 1.165) is 0 Å². The minimum Gasteiger partial charge on any atom is -0.481 e. The zero-order valence-electron chi connectivity index (χ0n) is 10.3. The van der Waals surface area contributed by atoms with Gasteiger partial charge in [0.1, 0.15) is 0 Å². The van der Waals surface area contributed by atoms with E-state index in [2.05, 4.69) is 4.74 Å². The third-order valence-corrected chi connectivity index (χ3v) is 1.81. The Morgan fingerprint density at radius 3 is 2.25 bits per heavy atom. The number of carbonyl (C=O) groups is 2. The molecule has 0 rings (SSSR count). The maximum absolute atomic E-state index is 11.3. The Labute approximate surface area is 95.7 Å². The van der Waals surface area contributed by atoms with Crippen LogP contribution in [0, 0.1) is 5.92 Å². The van der Waals surface area contributed by atoms with Gasteiger partial charge in [-0.05, 0) is 34.1 Å². The van der Waals surface area contributed by atoms with Crippen molar-refractivity contribution in [2.45, 2.75) is 39.7 Å². The van der Waals surface area contributed by atoms with Gasteiger partial charge in [-0.3, -0.25) is 9.59 Å². The molecule has 1 N–H and O–H groups in total. The molecular formula is C11H20O5. The molecule has 0 aromatic rings. The molecule has 0 radical (unpaired) electrons. The normalized spacial score (nSPS) is 13.2. The Hall–Kier alpha value is -1.10. The molecule has 5 heteroatoms. The summed E-state index contributed by atoms with van der Waals surface area (Å²) < 4.78 is 10.0. The molecule has 0 spiro atoms. The van der Waals surface area contributed by atoms with Crippen LogP contribution >= 0.6 is 0 Å². The van der Waals surface area contributed by atoms with E-state index in [-0.39, 0.29) is 25.2 Å². The maximum atomic E-state index is 11.3. The Balaban J connectivity index is 4.15.